The lowest BCUT2D eigenvalue weighted by Crippen LogP contribution is -2.52. The van der Waals surface area contributed by atoms with Crippen molar-refractivity contribution in [2.75, 3.05) is 6.54 Å². The van der Waals surface area contributed by atoms with Gasteiger partial charge in [0.15, 0.2) is 0 Å². The number of amides is 1. The molecule has 4 rings (SSSR count). The fraction of sp³-hybridized carbons (Fsp3) is 0.556. The number of aromatic nitrogens is 1. The third-order valence-corrected chi connectivity index (χ3v) is 7.50. The van der Waals surface area contributed by atoms with Gasteiger partial charge in [-0.05, 0) is 49.4 Å². The van der Waals surface area contributed by atoms with Crippen molar-refractivity contribution < 1.29 is 36.6 Å². The molecule has 1 saturated carbocycles. The average Bonchev–Trinajstić information content (AvgIpc) is 2.84. The van der Waals surface area contributed by atoms with E-state index in [-0.39, 0.29) is 30.3 Å². The van der Waals surface area contributed by atoms with Gasteiger partial charge in [0.1, 0.15) is 17.6 Å². The van der Waals surface area contributed by atoms with Crippen LogP contribution in [0.25, 0.3) is 0 Å². The predicted molar refractivity (Wildman–Crippen MR) is 130 cm³/mol. The number of nitrogens with one attached hydrogen (secondary N) is 2. The van der Waals surface area contributed by atoms with Gasteiger partial charge in [0.2, 0.25) is 11.8 Å². The fourth-order valence-corrected chi connectivity index (χ4v) is 5.04. The Morgan fingerprint density at radius 3 is 2.53 bits per heavy atom. The summed E-state index contributed by atoms with van der Waals surface area (Å²) in [6, 6.07) is 5.94. The predicted octanol–water partition coefficient (Wildman–Crippen LogP) is 4.87. The maximum absolute atomic E-state index is 14.8. The van der Waals surface area contributed by atoms with Crippen LogP contribution in [0.4, 0.5) is 22.0 Å². The molecule has 1 amide bonds. The van der Waals surface area contributed by atoms with Crippen LogP contribution < -0.4 is 15.4 Å². The third-order valence-electron chi connectivity index (χ3n) is 7.50. The van der Waals surface area contributed by atoms with Gasteiger partial charge in [-0.15, -0.1) is 0 Å². The smallest absolute Gasteiger partial charge is 0.394 e. The van der Waals surface area contributed by atoms with Gasteiger partial charge >= 0.3 is 6.18 Å². The summed E-state index contributed by atoms with van der Waals surface area (Å²) in [5.74, 6) is -2.71. The molecule has 5 atom stereocenters. The summed E-state index contributed by atoms with van der Waals surface area (Å²) < 4.78 is 73.6. The molecule has 208 valence electrons. The monoisotopic (exact) mass is 541 g/mol. The van der Waals surface area contributed by atoms with E-state index in [4.69, 9.17) is 4.74 Å². The van der Waals surface area contributed by atoms with Gasteiger partial charge < -0.3 is 20.5 Å². The first-order valence-corrected chi connectivity index (χ1v) is 12.7. The second-order valence-electron chi connectivity index (χ2n) is 10.4. The van der Waals surface area contributed by atoms with Crippen LogP contribution in [0.15, 0.2) is 36.5 Å². The molecule has 1 aromatic carbocycles. The lowest BCUT2D eigenvalue weighted by Gasteiger charge is -2.47. The molecule has 1 fully saturated rings. The highest BCUT2D eigenvalue weighted by molar-refractivity contribution is 5.73. The Balaban J connectivity index is 1.52. The minimum absolute atomic E-state index is 0.0224. The molecule has 1 aromatic heterocycles. The number of rotatable bonds is 9. The SMILES string of the molecule is CC(=O)N[C@@H](Cc1ccc(F)cc1)[C@H](O)CN[C@H]1CC2(CCC2)Oc2ncc(C(F)C(C)C(F)(F)F)cc21. The third kappa shape index (κ3) is 6.43. The summed E-state index contributed by atoms with van der Waals surface area (Å²) >= 11 is 0. The number of aliphatic hydroxyl groups is 1. The number of hydrogen-bond acceptors (Lipinski definition) is 5. The van der Waals surface area contributed by atoms with Crippen molar-refractivity contribution in [3.8, 4) is 5.88 Å². The summed E-state index contributed by atoms with van der Waals surface area (Å²) in [4.78, 5) is 16.0. The Kier molecular flexibility index (Phi) is 8.27. The highest BCUT2D eigenvalue weighted by Gasteiger charge is 2.47. The van der Waals surface area contributed by atoms with E-state index in [0.717, 1.165) is 37.9 Å². The van der Waals surface area contributed by atoms with Gasteiger partial charge in [-0.1, -0.05) is 19.1 Å². The van der Waals surface area contributed by atoms with Gasteiger partial charge in [-0.2, -0.15) is 13.2 Å². The molecule has 2 heterocycles. The maximum atomic E-state index is 14.8. The van der Waals surface area contributed by atoms with Crippen molar-refractivity contribution in [2.24, 2.45) is 5.92 Å². The Morgan fingerprint density at radius 2 is 1.95 bits per heavy atom. The fourth-order valence-electron chi connectivity index (χ4n) is 5.04. The van der Waals surface area contributed by atoms with E-state index in [2.05, 4.69) is 15.6 Å². The van der Waals surface area contributed by atoms with Gasteiger partial charge in [-0.3, -0.25) is 4.79 Å². The largest absolute Gasteiger partial charge is 0.471 e. The van der Waals surface area contributed by atoms with E-state index >= 15 is 0 Å². The average molecular weight is 542 g/mol. The van der Waals surface area contributed by atoms with Gasteiger partial charge in [0.05, 0.1) is 18.1 Å². The van der Waals surface area contributed by atoms with Crippen molar-refractivity contribution in [1.82, 2.24) is 15.6 Å². The topological polar surface area (TPSA) is 83.5 Å². The van der Waals surface area contributed by atoms with Gasteiger partial charge in [0, 0.05) is 43.3 Å². The highest BCUT2D eigenvalue weighted by atomic mass is 19.4. The van der Waals surface area contributed by atoms with Crippen LogP contribution in [0.3, 0.4) is 0 Å². The molecular weight excluding hydrogens is 509 g/mol. The number of ether oxygens (including phenoxy) is 1. The van der Waals surface area contributed by atoms with Crippen molar-refractivity contribution in [2.45, 2.75) is 82.1 Å². The quantitative estimate of drug-likeness (QED) is 0.395. The lowest BCUT2D eigenvalue weighted by atomic mass is 9.73. The molecular formula is C27H32F5N3O3. The number of pyridine rings is 1. The molecule has 38 heavy (non-hydrogen) atoms. The van der Waals surface area contributed by atoms with Crippen molar-refractivity contribution in [3.05, 3.63) is 59.0 Å². The number of benzene rings is 1. The summed E-state index contributed by atoms with van der Waals surface area (Å²) in [7, 11) is 0. The molecule has 2 aliphatic rings. The molecule has 11 heteroatoms. The van der Waals surface area contributed by atoms with E-state index in [1.165, 1.54) is 25.1 Å². The second-order valence-corrected chi connectivity index (χ2v) is 10.4. The summed E-state index contributed by atoms with van der Waals surface area (Å²) in [6.07, 6.45) is -3.70. The highest BCUT2D eigenvalue weighted by Crippen LogP contribution is 2.49. The number of carbonyl (C=O) groups is 1. The molecule has 0 bridgehead atoms. The van der Waals surface area contributed by atoms with Crippen LogP contribution in [0.5, 0.6) is 5.88 Å². The molecule has 3 N–H and O–H groups in total. The van der Waals surface area contributed by atoms with Crippen LogP contribution in [-0.2, 0) is 11.2 Å². The van der Waals surface area contributed by atoms with Crippen LogP contribution >= 0.6 is 0 Å². The molecule has 1 aliphatic carbocycles. The van der Waals surface area contributed by atoms with Gasteiger partial charge in [-0.25, -0.2) is 13.8 Å². The Labute approximate surface area is 218 Å². The Bertz CT molecular complexity index is 1120. The number of nitrogens with zero attached hydrogens (tertiary/aromatic N) is 1. The first kappa shape index (κ1) is 28.2. The number of aliphatic hydroxyl groups excluding tert-OH is 1. The van der Waals surface area contributed by atoms with Crippen molar-refractivity contribution in [1.29, 1.82) is 0 Å². The standard InChI is InChI=1S/C27H32F5N3O3/c1-15(27(30,31)32)24(29)18-11-20-22(12-26(8-3-9-26)38-25(20)34-13-18)33-14-23(37)21(35-16(2)36)10-17-4-6-19(28)7-5-17/h4-7,11,13,15,21-24,33,37H,3,8-10,12,14H2,1-2H3,(H,35,36)/t15?,21-,22-,23+,24?/m0/s1. The zero-order valence-corrected chi connectivity index (χ0v) is 21.2. The lowest BCUT2D eigenvalue weighted by molar-refractivity contribution is -0.186. The van der Waals surface area contributed by atoms with Crippen LogP contribution in [0.2, 0.25) is 0 Å². The minimum atomic E-state index is -4.70. The summed E-state index contributed by atoms with van der Waals surface area (Å²) in [5.41, 5.74) is 0.486. The Morgan fingerprint density at radius 1 is 1.26 bits per heavy atom. The van der Waals surface area contributed by atoms with Crippen LogP contribution in [0.1, 0.15) is 68.4 Å². The maximum Gasteiger partial charge on any atom is 0.394 e. The second kappa shape index (κ2) is 11.1. The molecule has 2 aromatic rings. The number of fused-ring (bicyclic) bond motifs is 1. The minimum Gasteiger partial charge on any atom is -0.471 e. The first-order valence-electron chi connectivity index (χ1n) is 12.7. The first-order chi connectivity index (χ1) is 17.9. The summed E-state index contributed by atoms with van der Waals surface area (Å²) in [6.45, 7) is 2.14. The zero-order valence-electron chi connectivity index (χ0n) is 21.2. The normalized spacial score (nSPS) is 21.4. The van der Waals surface area contributed by atoms with E-state index < -0.39 is 47.9 Å². The van der Waals surface area contributed by atoms with Crippen molar-refractivity contribution in [3.63, 3.8) is 0 Å². The van der Waals surface area contributed by atoms with Crippen LogP contribution in [-0.4, -0.2) is 46.5 Å². The number of halogens is 5. The van der Waals surface area contributed by atoms with Gasteiger partial charge in [0.25, 0.3) is 0 Å². The molecule has 0 radical (unpaired) electrons. The number of hydrogen-bond donors (Lipinski definition) is 3. The molecule has 6 nitrogen and oxygen atoms in total. The van der Waals surface area contributed by atoms with E-state index in [0.29, 0.717) is 12.0 Å². The molecule has 2 unspecified atom stereocenters. The molecule has 1 spiro atoms. The van der Waals surface area contributed by atoms with E-state index in [9.17, 15) is 31.9 Å². The van der Waals surface area contributed by atoms with E-state index in [1.54, 1.807) is 12.1 Å². The van der Waals surface area contributed by atoms with E-state index in [1.807, 2.05) is 0 Å². The molecule has 1 aliphatic heterocycles. The summed E-state index contributed by atoms with van der Waals surface area (Å²) in [5, 5.41) is 16.9. The van der Waals surface area contributed by atoms with Crippen molar-refractivity contribution >= 4 is 5.91 Å². The van der Waals surface area contributed by atoms with Crippen LogP contribution in [0, 0.1) is 11.7 Å². The molecule has 0 saturated heterocycles. The number of carbonyl (C=O) groups excluding carboxylic acids is 1. The number of alkyl halides is 4. The Hall–Kier alpha value is -2.79. The zero-order chi connectivity index (χ0) is 27.7.